The maximum absolute atomic E-state index is 13.6. The van der Waals surface area contributed by atoms with Crippen LogP contribution in [0.25, 0.3) is 11.0 Å². The van der Waals surface area contributed by atoms with Crippen LogP contribution in [0.3, 0.4) is 0 Å². The molecule has 2 aromatic heterocycles. The lowest BCUT2D eigenvalue weighted by molar-refractivity contribution is -0.125. The van der Waals surface area contributed by atoms with Crippen molar-refractivity contribution in [2.45, 2.75) is 25.9 Å². The van der Waals surface area contributed by atoms with E-state index in [1.54, 1.807) is 16.9 Å². The van der Waals surface area contributed by atoms with Crippen LogP contribution in [-0.2, 0) is 17.9 Å². The Labute approximate surface area is 191 Å². The highest BCUT2D eigenvalue weighted by Crippen LogP contribution is 2.22. The number of piperidine rings is 1. The van der Waals surface area contributed by atoms with Crippen molar-refractivity contribution >= 4 is 22.8 Å². The SMILES string of the molecule is O=C(NCc1ccco1)[C@@H]1CCCN(c2nc3ccccc3n(Cc3ccccc3)c2=O)C1. The molecule has 0 unspecified atom stereocenters. The number of benzene rings is 2. The number of carbonyl (C=O) groups excluding carboxylic acids is 1. The number of para-hydroxylation sites is 2. The number of amides is 1. The Kier molecular flexibility index (Phi) is 5.93. The fourth-order valence-electron chi connectivity index (χ4n) is 4.42. The number of anilines is 1. The quantitative estimate of drug-likeness (QED) is 0.494. The van der Waals surface area contributed by atoms with E-state index in [-0.39, 0.29) is 17.4 Å². The predicted molar refractivity (Wildman–Crippen MR) is 127 cm³/mol. The smallest absolute Gasteiger partial charge is 0.294 e. The summed E-state index contributed by atoms with van der Waals surface area (Å²) >= 11 is 0. The lowest BCUT2D eigenvalue weighted by Crippen LogP contribution is -2.45. The van der Waals surface area contributed by atoms with Crippen LogP contribution in [0, 0.1) is 5.92 Å². The number of rotatable bonds is 6. The molecule has 0 bridgehead atoms. The minimum absolute atomic E-state index is 0.0264. The fraction of sp³-hybridized carbons (Fsp3) is 0.269. The molecule has 0 saturated carbocycles. The fourth-order valence-corrected chi connectivity index (χ4v) is 4.42. The first kappa shape index (κ1) is 21.0. The topological polar surface area (TPSA) is 80.4 Å². The third-order valence-electron chi connectivity index (χ3n) is 6.13. The normalized spacial score (nSPS) is 16.1. The van der Waals surface area contributed by atoms with Gasteiger partial charge in [-0.25, -0.2) is 4.98 Å². The Bertz CT molecular complexity index is 1300. The molecule has 5 rings (SSSR count). The predicted octanol–water partition coefficient (Wildman–Crippen LogP) is 3.57. The number of hydrogen-bond acceptors (Lipinski definition) is 5. The van der Waals surface area contributed by atoms with E-state index in [0.29, 0.717) is 32.0 Å². The van der Waals surface area contributed by atoms with Crippen molar-refractivity contribution in [2.24, 2.45) is 5.92 Å². The molecule has 1 fully saturated rings. The van der Waals surface area contributed by atoms with Gasteiger partial charge in [0, 0.05) is 13.1 Å². The van der Waals surface area contributed by atoms with E-state index in [4.69, 9.17) is 9.40 Å². The number of nitrogens with zero attached hydrogens (tertiary/aromatic N) is 3. The Morgan fingerprint density at radius 2 is 1.88 bits per heavy atom. The zero-order valence-corrected chi connectivity index (χ0v) is 18.3. The minimum atomic E-state index is -0.205. The van der Waals surface area contributed by atoms with Gasteiger partial charge in [-0.05, 0) is 42.7 Å². The van der Waals surface area contributed by atoms with Gasteiger partial charge in [0.25, 0.3) is 5.56 Å². The third-order valence-corrected chi connectivity index (χ3v) is 6.13. The largest absolute Gasteiger partial charge is 0.467 e. The van der Waals surface area contributed by atoms with Crippen molar-refractivity contribution in [3.8, 4) is 0 Å². The van der Waals surface area contributed by atoms with Crippen LogP contribution in [0.15, 0.2) is 82.2 Å². The monoisotopic (exact) mass is 442 g/mol. The van der Waals surface area contributed by atoms with Gasteiger partial charge in [-0.3, -0.25) is 14.2 Å². The van der Waals surface area contributed by atoms with Crippen LogP contribution in [0.1, 0.15) is 24.2 Å². The van der Waals surface area contributed by atoms with Gasteiger partial charge in [0.2, 0.25) is 5.91 Å². The van der Waals surface area contributed by atoms with Gasteiger partial charge in [0.15, 0.2) is 5.82 Å². The Morgan fingerprint density at radius 1 is 1.06 bits per heavy atom. The van der Waals surface area contributed by atoms with Gasteiger partial charge in [-0.15, -0.1) is 0 Å². The second-order valence-electron chi connectivity index (χ2n) is 8.38. The summed E-state index contributed by atoms with van der Waals surface area (Å²) in [4.78, 5) is 33.1. The van der Waals surface area contributed by atoms with Crippen LogP contribution < -0.4 is 15.8 Å². The first-order valence-electron chi connectivity index (χ1n) is 11.3. The lowest BCUT2D eigenvalue weighted by atomic mass is 9.97. The highest BCUT2D eigenvalue weighted by molar-refractivity contribution is 5.80. The van der Waals surface area contributed by atoms with E-state index < -0.39 is 0 Å². The molecule has 1 aliphatic rings. The zero-order valence-electron chi connectivity index (χ0n) is 18.3. The number of nitrogens with one attached hydrogen (secondary N) is 1. The Balaban J connectivity index is 1.42. The highest BCUT2D eigenvalue weighted by atomic mass is 16.3. The van der Waals surface area contributed by atoms with Gasteiger partial charge in [-0.1, -0.05) is 42.5 Å². The molecule has 7 nitrogen and oxygen atoms in total. The molecule has 1 amide bonds. The number of furan rings is 1. The molecule has 1 atom stereocenters. The molecule has 0 aliphatic carbocycles. The maximum atomic E-state index is 13.6. The van der Waals surface area contributed by atoms with E-state index >= 15 is 0 Å². The Morgan fingerprint density at radius 3 is 2.70 bits per heavy atom. The average molecular weight is 443 g/mol. The minimum Gasteiger partial charge on any atom is -0.467 e. The second kappa shape index (κ2) is 9.32. The summed E-state index contributed by atoms with van der Waals surface area (Å²) in [6.45, 7) is 2.00. The summed E-state index contributed by atoms with van der Waals surface area (Å²) in [7, 11) is 0. The lowest BCUT2D eigenvalue weighted by Gasteiger charge is -2.32. The van der Waals surface area contributed by atoms with Gasteiger partial charge >= 0.3 is 0 Å². The van der Waals surface area contributed by atoms with Crippen LogP contribution in [-0.4, -0.2) is 28.5 Å². The molecule has 33 heavy (non-hydrogen) atoms. The van der Waals surface area contributed by atoms with E-state index in [1.807, 2.05) is 65.6 Å². The summed E-state index contributed by atoms with van der Waals surface area (Å²) in [6, 6.07) is 21.3. The van der Waals surface area contributed by atoms with Crippen molar-refractivity contribution in [1.29, 1.82) is 0 Å². The van der Waals surface area contributed by atoms with Gasteiger partial charge in [0.1, 0.15) is 5.76 Å². The molecule has 168 valence electrons. The van der Waals surface area contributed by atoms with Crippen LogP contribution in [0.5, 0.6) is 0 Å². The summed E-state index contributed by atoms with van der Waals surface area (Å²) < 4.78 is 7.09. The molecular formula is C26H26N4O3. The first-order chi connectivity index (χ1) is 16.2. The molecule has 0 spiro atoms. The van der Waals surface area contributed by atoms with Gasteiger partial charge in [-0.2, -0.15) is 0 Å². The first-order valence-corrected chi connectivity index (χ1v) is 11.3. The second-order valence-corrected chi connectivity index (χ2v) is 8.38. The van der Waals surface area contributed by atoms with E-state index in [2.05, 4.69) is 5.32 Å². The molecule has 1 N–H and O–H groups in total. The Hall–Kier alpha value is -3.87. The number of aromatic nitrogens is 2. The molecule has 3 heterocycles. The highest BCUT2D eigenvalue weighted by Gasteiger charge is 2.28. The number of fused-ring (bicyclic) bond motifs is 1. The molecule has 2 aromatic carbocycles. The summed E-state index contributed by atoms with van der Waals surface area (Å²) in [5, 5.41) is 2.95. The average Bonchev–Trinajstić information content (AvgIpc) is 3.38. The van der Waals surface area contributed by atoms with E-state index in [1.165, 1.54) is 0 Å². The van der Waals surface area contributed by atoms with Crippen molar-refractivity contribution in [3.05, 3.63) is 94.7 Å². The number of carbonyl (C=O) groups is 1. The summed E-state index contributed by atoms with van der Waals surface area (Å²) in [5.41, 5.74) is 2.50. The van der Waals surface area contributed by atoms with E-state index in [9.17, 15) is 9.59 Å². The molecule has 7 heteroatoms. The molecule has 1 saturated heterocycles. The molecule has 4 aromatic rings. The zero-order chi connectivity index (χ0) is 22.6. The molecule has 1 aliphatic heterocycles. The summed E-state index contributed by atoms with van der Waals surface area (Å²) in [6.07, 6.45) is 3.20. The third kappa shape index (κ3) is 4.53. The summed E-state index contributed by atoms with van der Waals surface area (Å²) in [5.74, 6) is 0.898. The van der Waals surface area contributed by atoms with Crippen molar-refractivity contribution in [2.75, 3.05) is 18.0 Å². The molecule has 0 radical (unpaired) electrons. The van der Waals surface area contributed by atoms with Crippen LogP contribution >= 0.6 is 0 Å². The standard InChI is InChI=1S/C26H26N4O3/c31-25(27-16-21-11-7-15-33-21)20-10-6-14-29(18-20)24-26(32)30(17-19-8-2-1-3-9-19)23-13-5-4-12-22(23)28-24/h1-5,7-9,11-13,15,20H,6,10,14,16-18H2,(H,27,31)/t20-/m1/s1. The molecular weight excluding hydrogens is 416 g/mol. The number of hydrogen-bond donors (Lipinski definition) is 1. The van der Waals surface area contributed by atoms with Gasteiger partial charge < -0.3 is 14.6 Å². The van der Waals surface area contributed by atoms with Crippen LogP contribution in [0.2, 0.25) is 0 Å². The maximum Gasteiger partial charge on any atom is 0.294 e. The van der Waals surface area contributed by atoms with Gasteiger partial charge in [0.05, 0.1) is 36.3 Å². The van der Waals surface area contributed by atoms with Crippen LogP contribution in [0.4, 0.5) is 5.82 Å². The van der Waals surface area contributed by atoms with Crippen molar-refractivity contribution in [1.82, 2.24) is 14.9 Å². The van der Waals surface area contributed by atoms with Crippen molar-refractivity contribution in [3.63, 3.8) is 0 Å². The van der Waals surface area contributed by atoms with Crippen molar-refractivity contribution < 1.29 is 9.21 Å². The van der Waals surface area contributed by atoms with E-state index in [0.717, 1.165) is 35.2 Å².